The van der Waals surface area contributed by atoms with Crippen LogP contribution in [-0.4, -0.2) is 18.1 Å². The van der Waals surface area contributed by atoms with Crippen LogP contribution >= 0.6 is 15.9 Å². The number of carbonyl (C=O) groups is 1. The van der Waals surface area contributed by atoms with Gasteiger partial charge in [0.15, 0.2) is 0 Å². The number of rotatable bonds is 2. The Morgan fingerprint density at radius 3 is 2.57 bits per heavy atom. The van der Waals surface area contributed by atoms with Gasteiger partial charge in [0.2, 0.25) is 0 Å². The van der Waals surface area contributed by atoms with E-state index in [1.165, 1.54) is 12.1 Å². The molecule has 0 aliphatic heterocycles. The molecule has 0 saturated heterocycles. The van der Waals surface area contributed by atoms with Gasteiger partial charge in [-0.05, 0) is 31.0 Å². The van der Waals surface area contributed by atoms with Crippen molar-refractivity contribution in [1.29, 1.82) is 0 Å². The van der Waals surface area contributed by atoms with Crippen LogP contribution in [0.4, 0.5) is 17.6 Å². The summed E-state index contributed by atoms with van der Waals surface area (Å²) in [5.41, 5.74) is -0.254. The topological polar surface area (TPSA) is 29.1 Å². The summed E-state index contributed by atoms with van der Waals surface area (Å²) < 4.78 is 53.0. The van der Waals surface area contributed by atoms with Gasteiger partial charge in [-0.3, -0.25) is 4.79 Å². The highest BCUT2D eigenvalue weighted by molar-refractivity contribution is 9.10. The molecule has 7 heteroatoms. The van der Waals surface area contributed by atoms with Gasteiger partial charge in [-0.1, -0.05) is 28.8 Å². The van der Waals surface area contributed by atoms with Gasteiger partial charge >= 0.3 is 6.18 Å². The first kappa shape index (κ1) is 16.3. The largest absolute Gasteiger partial charge is 0.393 e. The fourth-order valence-corrected chi connectivity index (χ4v) is 2.97. The number of carbonyl (C=O) groups excluding carboxylic acids is 1. The minimum Gasteiger partial charge on any atom is -0.349 e. The van der Waals surface area contributed by atoms with Crippen molar-refractivity contribution < 1.29 is 22.4 Å². The van der Waals surface area contributed by atoms with Crippen molar-refractivity contribution in [3.63, 3.8) is 0 Å². The first-order valence-electron chi connectivity index (χ1n) is 6.61. The molecule has 1 saturated carbocycles. The number of hydrogen-bond donors (Lipinski definition) is 1. The molecule has 1 N–H and O–H groups in total. The van der Waals surface area contributed by atoms with E-state index in [1.807, 2.05) is 0 Å². The lowest BCUT2D eigenvalue weighted by molar-refractivity contribution is -0.187. The Morgan fingerprint density at radius 1 is 1.24 bits per heavy atom. The molecular weight excluding hydrogens is 354 g/mol. The van der Waals surface area contributed by atoms with Gasteiger partial charge < -0.3 is 5.32 Å². The first-order chi connectivity index (χ1) is 9.79. The standard InChI is InChI=1S/C14H14BrF4NO/c15-8-5-6-11(16)9(7-8)13(21)20-12-4-2-1-3-10(12)14(17,18)19/h5-7,10,12H,1-4H2,(H,20,21). The molecule has 0 spiro atoms. The first-order valence-corrected chi connectivity index (χ1v) is 7.41. The molecule has 2 unspecified atom stereocenters. The molecule has 0 bridgehead atoms. The van der Waals surface area contributed by atoms with Gasteiger partial charge in [-0.2, -0.15) is 13.2 Å². The van der Waals surface area contributed by atoms with E-state index in [-0.39, 0.29) is 18.4 Å². The molecule has 1 aliphatic rings. The number of halogens is 5. The third kappa shape index (κ3) is 3.96. The molecule has 2 nitrogen and oxygen atoms in total. The van der Waals surface area contributed by atoms with Crippen LogP contribution in [0.2, 0.25) is 0 Å². The highest BCUT2D eigenvalue weighted by Gasteiger charge is 2.46. The average Bonchev–Trinajstić information content (AvgIpc) is 2.41. The quantitative estimate of drug-likeness (QED) is 0.769. The number of hydrogen-bond acceptors (Lipinski definition) is 1. The van der Waals surface area contributed by atoms with Crippen LogP contribution in [-0.2, 0) is 0 Å². The fourth-order valence-electron chi connectivity index (χ4n) is 2.61. The molecule has 1 fully saturated rings. The highest BCUT2D eigenvalue weighted by atomic mass is 79.9. The van der Waals surface area contributed by atoms with Crippen molar-refractivity contribution in [1.82, 2.24) is 5.32 Å². The monoisotopic (exact) mass is 367 g/mol. The van der Waals surface area contributed by atoms with Gasteiger partial charge in [-0.25, -0.2) is 4.39 Å². The second-order valence-electron chi connectivity index (χ2n) is 5.14. The molecule has 1 aliphatic carbocycles. The maximum atomic E-state index is 13.6. The van der Waals surface area contributed by atoms with Gasteiger partial charge in [0.25, 0.3) is 5.91 Å². The van der Waals surface area contributed by atoms with E-state index < -0.39 is 29.9 Å². The summed E-state index contributed by atoms with van der Waals surface area (Å²) in [5, 5.41) is 2.34. The van der Waals surface area contributed by atoms with E-state index in [1.54, 1.807) is 0 Å². The molecule has 116 valence electrons. The smallest absolute Gasteiger partial charge is 0.349 e. The molecule has 1 aromatic carbocycles. The van der Waals surface area contributed by atoms with Crippen molar-refractivity contribution in [2.45, 2.75) is 37.9 Å². The predicted octanol–water partition coefficient (Wildman–Crippen LogP) is 4.44. The Hall–Kier alpha value is -1.11. The summed E-state index contributed by atoms with van der Waals surface area (Å²) in [6.07, 6.45) is -2.99. The molecular formula is C14H14BrF4NO. The van der Waals surface area contributed by atoms with Crippen LogP contribution in [0.1, 0.15) is 36.0 Å². The summed E-state index contributed by atoms with van der Waals surface area (Å²) in [4.78, 5) is 12.0. The molecule has 1 aromatic rings. The number of nitrogens with one attached hydrogen (secondary N) is 1. The second kappa shape index (κ2) is 6.34. The number of benzene rings is 1. The second-order valence-corrected chi connectivity index (χ2v) is 6.05. The third-order valence-electron chi connectivity index (χ3n) is 3.68. The van der Waals surface area contributed by atoms with Crippen molar-refractivity contribution in [2.24, 2.45) is 5.92 Å². The SMILES string of the molecule is O=C(NC1CCCCC1C(F)(F)F)c1cc(Br)ccc1F. The van der Waals surface area contributed by atoms with Crippen LogP contribution in [0.25, 0.3) is 0 Å². The normalized spacial score (nSPS) is 22.9. The van der Waals surface area contributed by atoms with E-state index >= 15 is 0 Å². The van der Waals surface area contributed by atoms with Crippen LogP contribution in [0, 0.1) is 11.7 Å². The third-order valence-corrected chi connectivity index (χ3v) is 4.17. The maximum absolute atomic E-state index is 13.6. The molecule has 21 heavy (non-hydrogen) atoms. The van der Waals surface area contributed by atoms with E-state index in [4.69, 9.17) is 0 Å². The van der Waals surface area contributed by atoms with Crippen LogP contribution in [0.5, 0.6) is 0 Å². The fraction of sp³-hybridized carbons (Fsp3) is 0.500. The maximum Gasteiger partial charge on any atom is 0.393 e. The summed E-state index contributed by atoms with van der Waals surface area (Å²) in [7, 11) is 0. The van der Waals surface area contributed by atoms with E-state index in [9.17, 15) is 22.4 Å². The summed E-state index contributed by atoms with van der Waals surface area (Å²) in [5.74, 6) is -3.13. The Kier molecular flexibility index (Phi) is 4.91. The Morgan fingerprint density at radius 2 is 1.90 bits per heavy atom. The predicted molar refractivity (Wildman–Crippen MR) is 73.4 cm³/mol. The lowest BCUT2D eigenvalue weighted by Crippen LogP contribution is -2.47. The summed E-state index contributed by atoms with van der Waals surface area (Å²) in [6, 6.07) is 2.78. The molecule has 0 heterocycles. The van der Waals surface area contributed by atoms with Crippen LogP contribution < -0.4 is 5.32 Å². The van der Waals surface area contributed by atoms with Gasteiger partial charge in [0.05, 0.1) is 11.5 Å². The Balaban J connectivity index is 2.15. The van der Waals surface area contributed by atoms with Crippen LogP contribution in [0.3, 0.4) is 0 Å². The molecule has 0 radical (unpaired) electrons. The summed E-state index contributed by atoms with van der Waals surface area (Å²) in [6.45, 7) is 0. The van der Waals surface area contributed by atoms with Gasteiger partial charge in [-0.15, -0.1) is 0 Å². The Labute approximate surface area is 128 Å². The van der Waals surface area contributed by atoms with Crippen molar-refractivity contribution in [3.8, 4) is 0 Å². The summed E-state index contributed by atoms with van der Waals surface area (Å²) >= 11 is 3.11. The minimum atomic E-state index is -4.35. The van der Waals surface area contributed by atoms with Gasteiger partial charge in [0.1, 0.15) is 5.82 Å². The number of alkyl halides is 3. The molecule has 2 rings (SSSR count). The van der Waals surface area contributed by atoms with E-state index in [0.29, 0.717) is 17.3 Å². The van der Waals surface area contributed by atoms with Crippen LogP contribution in [0.15, 0.2) is 22.7 Å². The van der Waals surface area contributed by atoms with Crippen molar-refractivity contribution in [3.05, 3.63) is 34.1 Å². The lowest BCUT2D eigenvalue weighted by atomic mass is 9.84. The van der Waals surface area contributed by atoms with Crippen molar-refractivity contribution >= 4 is 21.8 Å². The minimum absolute atomic E-state index is 0.00455. The zero-order valence-electron chi connectivity index (χ0n) is 11.0. The zero-order chi connectivity index (χ0) is 15.6. The van der Waals surface area contributed by atoms with Crippen molar-refractivity contribution in [2.75, 3.05) is 0 Å². The zero-order valence-corrected chi connectivity index (χ0v) is 12.6. The molecule has 0 aromatic heterocycles. The Bertz CT molecular complexity index is 532. The molecule has 1 amide bonds. The highest BCUT2D eigenvalue weighted by Crippen LogP contribution is 2.37. The van der Waals surface area contributed by atoms with E-state index in [0.717, 1.165) is 6.07 Å². The van der Waals surface area contributed by atoms with E-state index in [2.05, 4.69) is 21.2 Å². The van der Waals surface area contributed by atoms with Gasteiger partial charge in [0, 0.05) is 10.5 Å². The number of amides is 1. The lowest BCUT2D eigenvalue weighted by Gasteiger charge is -2.33. The average molecular weight is 368 g/mol. The molecule has 2 atom stereocenters.